The van der Waals surface area contributed by atoms with Gasteiger partial charge in [-0.25, -0.2) is 23.1 Å². The highest BCUT2D eigenvalue weighted by atomic mass is 19.2. The Hall–Kier alpha value is -2.64. The van der Waals surface area contributed by atoms with Crippen molar-refractivity contribution in [2.24, 2.45) is 5.92 Å². The number of nitrogens with zero attached hydrogens (tertiary/aromatic N) is 2. The molecule has 1 heterocycles. The molecule has 0 spiro atoms. The van der Waals surface area contributed by atoms with Gasteiger partial charge in [-0.05, 0) is 31.4 Å². The van der Waals surface area contributed by atoms with Crippen molar-refractivity contribution in [3.8, 4) is 0 Å². The number of benzene rings is 1. The summed E-state index contributed by atoms with van der Waals surface area (Å²) in [7, 11) is 0. The number of hydrogen-bond acceptors (Lipinski definition) is 4. The van der Waals surface area contributed by atoms with Gasteiger partial charge in [-0.1, -0.05) is 13.8 Å². The second-order valence-electron chi connectivity index (χ2n) is 5.97. The van der Waals surface area contributed by atoms with Gasteiger partial charge in [0.1, 0.15) is 17.3 Å². The first-order chi connectivity index (χ1) is 11.8. The number of aromatic nitrogens is 2. The monoisotopic (exact) mass is 352 g/mol. The predicted molar refractivity (Wildman–Crippen MR) is 89.0 cm³/mol. The van der Waals surface area contributed by atoms with Crippen molar-refractivity contribution in [3.05, 3.63) is 47.2 Å². The second kappa shape index (κ2) is 7.96. The summed E-state index contributed by atoms with van der Waals surface area (Å²) in [5.41, 5.74) is -0.474. The highest BCUT2D eigenvalue weighted by Gasteiger charge is 2.17. The van der Waals surface area contributed by atoms with Crippen LogP contribution >= 0.6 is 0 Å². The Bertz CT molecular complexity index is 781. The average Bonchev–Trinajstić information content (AvgIpc) is 2.54. The van der Waals surface area contributed by atoms with Crippen LogP contribution in [0.1, 0.15) is 36.6 Å². The van der Waals surface area contributed by atoms with Crippen LogP contribution in [0.15, 0.2) is 18.2 Å². The van der Waals surface area contributed by atoms with E-state index in [9.17, 15) is 18.0 Å². The second-order valence-corrected chi connectivity index (χ2v) is 5.97. The van der Waals surface area contributed by atoms with Gasteiger partial charge < -0.3 is 10.6 Å². The van der Waals surface area contributed by atoms with Crippen LogP contribution in [0, 0.1) is 30.3 Å². The summed E-state index contributed by atoms with van der Waals surface area (Å²) in [5.74, 6) is -3.86. The first-order valence-electron chi connectivity index (χ1n) is 7.82. The summed E-state index contributed by atoms with van der Waals surface area (Å²) < 4.78 is 39.8. The topological polar surface area (TPSA) is 66.9 Å². The Kier molecular flexibility index (Phi) is 5.95. The quantitative estimate of drug-likeness (QED) is 0.774. The van der Waals surface area contributed by atoms with Crippen LogP contribution in [0.5, 0.6) is 0 Å². The Morgan fingerprint density at radius 1 is 1.16 bits per heavy atom. The molecule has 134 valence electrons. The van der Waals surface area contributed by atoms with Gasteiger partial charge >= 0.3 is 0 Å². The van der Waals surface area contributed by atoms with Gasteiger partial charge in [0.15, 0.2) is 17.5 Å². The van der Waals surface area contributed by atoms with E-state index in [1.807, 2.05) is 0 Å². The van der Waals surface area contributed by atoms with Crippen molar-refractivity contribution in [2.45, 2.75) is 27.2 Å². The summed E-state index contributed by atoms with van der Waals surface area (Å²) in [6.45, 7) is 6.46. The maximum Gasteiger partial charge on any atom is 0.274 e. The molecule has 0 fully saturated rings. The molecule has 0 aliphatic rings. The van der Waals surface area contributed by atoms with Crippen LogP contribution in [-0.4, -0.2) is 22.4 Å². The fourth-order valence-electron chi connectivity index (χ4n) is 2.07. The molecule has 0 atom stereocenters. The van der Waals surface area contributed by atoms with Gasteiger partial charge in [0.25, 0.3) is 5.91 Å². The largest absolute Gasteiger partial charge is 0.370 e. The van der Waals surface area contributed by atoms with Crippen molar-refractivity contribution < 1.29 is 18.0 Å². The van der Waals surface area contributed by atoms with Gasteiger partial charge in [0.05, 0.1) is 5.69 Å². The first kappa shape index (κ1) is 18.7. The number of nitrogens with one attached hydrogen (secondary N) is 2. The van der Waals surface area contributed by atoms with Gasteiger partial charge in [0, 0.05) is 12.6 Å². The summed E-state index contributed by atoms with van der Waals surface area (Å²) in [6.07, 6.45) is 0.921. The van der Waals surface area contributed by atoms with Gasteiger partial charge in [0.2, 0.25) is 0 Å². The van der Waals surface area contributed by atoms with Crippen LogP contribution in [0.2, 0.25) is 0 Å². The molecule has 0 saturated heterocycles. The Balaban J connectivity index is 2.16. The predicted octanol–water partition coefficient (Wildman–Crippen LogP) is 3.91. The third-order valence-electron chi connectivity index (χ3n) is 3.38. The minimum absolute atomic E-state index is 0.0105. The lowest BCUT2D eigenvalue weighted by atomic mass is 10.1. The molecule has 0 radical (unpaired) electrons. The van der Waals surface area contributed by atoms with Crippen molar-refractivity contribution in [2.75, 3.05) is 17.2 Å². The number of hydrogen-bond donors (Lipinski definition) is 2. The number of carbonyl (C=O) groups excluding carboxylic acids is 1. The highest BCUT2D eigenvalue weighted by Crippen LogP contribution is 2.20. The van der Waals surface area contributed by atoms with Crippen LogP contribution < -0.4 is 10.6 Å². The van der Waals surface area contributed by atoms with E-state index in [4.69, 9.17) is 0 Å². The van der Waals surface area contributed by atoms with E-state index in [1.165, 1.54) is 6.07 Å². The Morgan fingerprint density at radius 3 is 2.56 bits per heavy atom. The molecule has 8 heteroatoms. The van der Waals surface area contributed by atoms with Gasteiger partial charge in [-0.2, -0.15) is 0 Å². The molecular formula is C17H19F3N4O. The number of halogens is 3. The molecule has 0 bridgehead atoms. The molecule has 1 amide bonds. The lowest BCUT2D eigenvalue weighted by molar-refractivity contribution is 0.102. The Morgan fingerprint density at radius 2 is 1.88 bits per heavy atom. The fourth-order valence-corrected chi connectivity index (χ4v) is 2.07. The van der Waals surface area contributed by atoms with E-state index in [0.29, 0.717) is 24.1 Å². The number of aryl methyl sites for hydroxylation is 1. The molecule has 0 aliphatic carbocycles. The zero-order valence-electron chi connectivity index (χ0n) is 14.2. The van der Waals surface area contributed by atoms with Gasteiger partial charge in [-0.15, -0.1) is 0 Å². The van der Waals surface area contributed by atoms with E-state index in [1.54, 1.807) is 6.92 Å². The number of anilines is 2. The fraction of sp³-hybridized carbons (Fsp3) is 0.353. The van der Waals surface area contributed by atoms with Crippen LogP contribution in [-0.2, 0) is 0 Å². The van der Waals surface area contributed by atoms with E-state index >= 15 is 0 Å². The lowest BCUT2D eigenvalue weighted by Crippen LogP contribution is -2.17. The lowest BCUT2D eigenvalue weighted by Gasteiger charge is -2.10. The molecule has 2 N–H and O–H groups in total. The molecule has 1 aromatic heterocycles. The van der Waals surface area contributed by atoms with Crippen LogP contribution in [0.25, 0.3) is 0 Å². The zero-order valence-corrected chi connectivity index (χ0v) is 14.2. The summed E-state index contributed by atoms with van der Waals surface area (Å²) >= 11 is 0. The molecule has 2 rings (SSSR count). The van der Waals surface area contributed by atoms with Crippen molar-refractivity contribution in [1.82, 2.24) is 9.97 Å². The number of rotatable bonds is 6. The summed E-state index contributed by atoms with van der Waals surface area (Å²) in [5, 5.41) is 5.27. The normalized spacial score (nSPS) is 10.8. The SMILES string of the molecule is Cc1nc(NCCC(C)C)cc(C(=O)Nc2ccc(F)c(F)c2F)n1. The molecule has 1 aromatic carbocycles. The Labute approximate surface area is 143 Å². The van der Waals surface area contributed by atoms with Crippen LogP contribution in [0.3, 0.4) is 0 Å². The zero-order chi connectivity index (χ0) is 18.6. The maximum atomic E-state index is 13.7. The minimum atomic E-state index is -1.65. The molecular weight excluding hydrogens is 333 g/mol. The smallest absolute Gasteiger partial charge is 0.274 e. The van der Waals surface area contributed by atoms with Crippen molar-refractivity contribution in [3.63, 3.8) is 0 Å². The van der Waals surface area contributed by atoms with Crippen molar-refractivity contribution >= 4 is 17.4 Å². The average molecular weight is 352 g/mol. The summed E-state index contributed by atoms with van der Waals surface area (Å²) in [6, 6.07) is 3.10. The molecule has 25 heavy (non-hydrogen) atoms. The van der Waals surface area contributed by atoms with E-state index in [-0.39, 0.29) is 5.69 Å². The molecule has 0 aliphatic heterocycles. The number of amides is 1. The third kappa shape index (κ3) is 4.91. The minimum Gasteiger partial charge on any atom is -0.370 e. The van der Waals surface area contributed by atoms with E-state index in [2.05, 4.69) is 34.4 Å². The third-order valence-corrected chi connectivity index (χ3v) is 3.38. The maximum absolute atomic E-state index is 13.7. The number of carbonyl (C=O) groups is 1. The van der Waals surface area contributed by atoms with E-state index < -0.39 is 29.0 Å². The first-order valence-corrected chi connectivity index (χ1v) is 7.82. The van der Waals surface area contributed by atoms with Crippen molar-refractivity contribution in [1.29, 1.82) is 0 Å². The molecule has 0 saturated carbocycles. The highest BCUT2D eigenvalue weighted by molar-refractivity contribution is 6.03. The van der Waals surface area contributed by atoms with E-state index in [0.717, 1.165) is 18.6 Å². The standard InChI is InChI=1S/C17H19F3N4O/c1-9(2)6-7-21-14-8-13(22-10(3)23-14)17(25)24-12-5-4-11(18)15(19)16(12)20/h4-5,8-9H,6-7H2,1-3H3,(H,24,25)(H,21,22,23). The van der Waals surface area contributed by atoms with Gasteiger partial charge in [-0.3, -0.25) is 4.79 Å². The summed E-state index contributed by atoms with van der Waals surface area (Å²) in [4.78, 5) is 20.4. The van der Waals surface area contributed by atoms with Crippen LogP contribution in [0.4, 0.5) is 24.7 Å². The molecule has 5 nitrogen and oxygen atoms in total. The molecule has 0 unspecified atom stereocenters. The molecule has 2 aromatic rings.